The van der Waals surface area contributed by atoms with Crippen molar-refractivity contribution in [3.05, 3.63) is 215 Å². The van der Waals surface area contributed by atoms with Crippen molar-refractivity contribution < 1.29 is 14.3 Å². The molecule has 6 aromatic rings. The highest BCUT2D eigenvalue weighted by atomic mass is 32.2. The van der Waals surface area contributed by atoms with E-state index >= 15 is 0 Å². The molecule has 6 heteroatoms. The van der Waals surface area contributed by atoms with Crippen LogP contribution in [0.4, 0.5) is 0 Å². The summed E-state index contributed by atoms with van der Waals surface area (Å²) in [5.41, 5.74) is 5.28. The Labute approximate surface area is 317 Å². The predicted octanol–water partition coefficient (Wildman–Crippen LogP) is 8.98. The van der Waals surface area contributed by atoms with Crippen LogP contribution in [0.2, 0.25) is 0 Å². The average molecular weight is 719 g/mol. The molecule has 0 fully saturated rings. The van der Waals surface area contributed by atoms with Gasteiger partial charge in [-0.3, -0.25) is 10.1 Å². The SMILES string of the molecule is COC(=O)C(NC(=O)C(CSC(c1ccccc1)(c1ccccc1)c1ccccc1)NC(c1ccccc1)(c1ccccc1)c1ccccc1)C(C)C. The van der Waals surface area contributed by atoms with Crippen molar-refractivity contribution in [1.29, 1.82) is 0 Å². The van der Waals surface area contributed by atoms with Crippen LogP contribution in [0.1, 0.15) is 47.2 Å². The number of benzene rings is 6. The van der Waals surface area contributed by atoms with E-state index in [1.807, 2.05) is 86.6 Å². The maximum atomic E-state index is 15.0. The van der Waals surface area contributed by atoms with Gasteiger partial charge in [0, 0.05) is 5.75 Å². The van der Waals surface area contributed by atoms with Crippen molar-refractivity contribution in [1.82, 2.24) is 10.6 Å². The van der Waals surface area contributed by atoms with Gasteiger partial charge in [0.2, 0.25) is 5.91 Å². The number of hydrogen-bond acceptors (Lipinski definition) is 5. The first-order valence-corrected chi connectivity index (χ1v) is 19.0. The molecule has 0 radical (unpaired) electrons. The second kappa shape index (κ2) is 17.4. The topological polar surface area (TPSA) is 67.4 Å². The van der Waals surface area contributed by atoms with Crippen LogP contribution in [0, 0.1) is 5.92 Å². The molecule has 0 bridgehead atoms. The van der Waals surface area contributed by atoms with Gasteiger partial charge in [-0.2, -0.15) is 0 Å². The fraction of sp³-hybridized carbons (Fsp3) is 0.191. The van der Waals surface area contributed by atoms with Crippen LogP contribution in [0.15, 0.2) is 182 Å². The van der Waals surface area contributed by atoms with Crippen LogP contribution in [0.5, 0.6) is 0 Å². The molecule has 6 aromatic carbocycles. The molecule has 268 valence electrons. The Balaban J connectivity index is 1.55. The van der Waals surface area contributed by atoms with Crippen LogP contribution < -0.4 is 10.6 Å². The largest absolute Gasteiger partial charge is 0.467 e. The van der Waals surface area contributed by atoms with E-state index in [0.29, 0.717) is 5.75 Å². The van der Waals surface area contributed by atoms with Gasteiger partial charge in [0.25, 0.3) is 0 Å². The molecule has 0 aromatic heterocycles. The Hall–Kier alpha value is -5.43. The zero-order valence-corrected chi connectivity index (χ0v) is 31.2. The summed E-state index contributed by atoms with van der Waals surface area (Å²) in [6, 6.07) is 60.5. The highest BCUT2D eigenvalue weighted by Crippen LogP contribution is 2.49. The van der Waals surface area contributed by atoms with Crippen LogP contribution in [0.25, 0.3) is 0 Å². The molecule has 0 aliphatic heterocycles. The number of carbonyl (C=O) groups excluding carboxylic acids is 2. The lowest BCUT2D eigenvalue weighted by Gasteiger charge is -2.41. The fourth-order valence-corrected chi connectivity index (χ4v) is 8.67. The normalized spacial score (nSPS) is 12.8. The second-order valence-electron chi connectivity index (χ2n) is 13.4. The summed E-state index contributed by atoms with van der Waals surface area (Å²) in [6.45, 7) is 3.82. The molecule has 5 nitrogen and oxygen atoms in total. The number of hydrogen-bond donors (Lipinski definition) is 2. The first kappa shape index (κ1) is 37.3. The van der Waals surface area contributed by atoms with Crippen molar-refractivity contribution in [2.24, 2.45) is 5.92 Å². The summed E-state index contributed by atoms with van der Waals surface area (Å²) in [4.78, 5) is 28.1. The van der Waals surface area contributed by atoms with E-state index in [2.05, 4.69) is 120 Å². The third-order valence-electron chi connectivity index (χ3n) is 9.75. The molecule has 0 aliphatic rings. The first-order valence-electron chi connectivity index (χ1n) is 18.0. The maximum absolute atomic E-state index is 15.0. The monoisotopic (exact) mass is 718 g/mol. The lowest BCUT2D eigenvalue weighted by molar-refractivity contribution is -0.146. The number of nitrogens with one attached hydrogen (secondary N) is 2. The Morgan fingerprint density at radius 2 is 0.868 bits per heavy atom. The van der Waals surface area contributed by atoms with Gasteiger partial charge in [0.15, 0.2) is 0 Å². The Morgan fingerprint density at radius 3 is 1.17 bits per heavy atom. The minimum Gasteiger partial charge on any atom is -0.467 e. The van der Waals surface area contributed by atoms with E-state index in [0.717, 1.165) is 33.4 Å². The molecule has 0 heterocycles. The summed E-state index contributed by atoms with van der Waals surface area (Å²) in [5, 5.41) is 7.07. The Bertz CT molecular complexity index is 1830. The van der Waals surface area contributed by atoms with Crippen molar-refractivity contribution >= 4 is 23.6 Å². The molecule has 0 saturated carbocycles. The van der Waals surface area contributed by atoms with Gasteiger partial charge in [-0.05, 0) is 39.3 Å². The molecule has 53 heavy (non-hydrogen) atoms. The number of ether oxygens (including phenoxy) is 1. The summed E-state index contributed by atoms with van der Waals surface area (Å²) in [6.07, 6.45) is 0. The number of rotatable bonds is 15. The minimum atomic E-state index is -0.945. The molecule has 0 spiro atoms. The number of carbonyl (C=O) groups is 2. The smallest absolute Gasteiger partial charge is 0.328 e. The zero-order valence-electron chi connectivity index (χ0n) is 30.4. The standard InChI is InChI=1S/C47H46N2O3S/c1-35(2)43(45(51)52-3)48-44(50)42(49-46(36-22-10-4-11-23-36,37-24-12-5-13-25-37)38-26-14-6-15-27-38)34-53-47(39-28-16-7-17-29-39,40-30-18-8-19-31-40)41-32-20-9-21-33-41/h4-33,35,42-43,49H,34H2,1-3H3,(H,48,50). The Morgan fingerprint density at radius 1 is 0.547 bits per heavy atom. The quantitative estimate of drug-likeness (QED) is 0.0820. The van der Waals surface area contributed by atoms with Crippen LogP contribution in [-0.4, -0.2) is 36.8 Å². The van der Waals surface area contributed by atoms with Gasteiger partial charge in [0.05, 0.1) is 23.4 Å². The number of esters is 1. The van der Waals surface area contributed by atoms with Gasteiger partial charge in [-0.1, -0.05) is 196 Å². The van der Waals surface area contributed by atoms with E-state index < -0.39 is 28.3 Å². The van der Waals surface area contributed by atoms with Crippen LogP contribution in [-0.2, 0) is 24.6 Å². The fourth-order valence-electron chi connectivity index (χ4n) is 7.11. The lowest BCUT2D eigenvalue weighted by atomic mass is 9.76. The van der Waals surface area contributed by atoms with Crippen molar-refractivity contribution in [3.8, 4) is 0 Å². The number of thioether (sulfide) groups is 1. The average Bonchev–Trinajstić information content (AvgIpc) is 3.23. The van der Waals surface area contributed by atoms with Crippen LogP contribution >= 0.6 is 11.8 Å². The second-order valence-corrected chi connectivity index (χ2v) is 14.6. The highest BCUT2D eigenvalue weighted by molar-refractivity contribution is 8.00. The molecular weight excluding hydrogens is 673 g/mol. The molecule has 6 rings (SSSR count). The van der Waals surface area contributed by atoms with E-state index in [1.54, 1.807) is 11.8 Å². The molecule has 1 amide bonds. The van der Waals surface area contributed by atoms with Crippen LogP contribution in [0.3, 0.4) is 0 Å². The zero-order chi connectivity index (χ0) is 37.1. The highest BCUT2D eigenvalue weighted by Gasteiger charge is 2.43. The van der Waals surface area contributed by atoms with E-state index in [1.165, 1.54) is 7.11 Å². The first-order chi connectivity index (χ1) is 25.9. The molecular formula is C47H46N2O3S. The third-order valence-corrected chi connectivity index (χ3v) is 11.4. The maximum Gasteiger partial charge on any atom is 0.328 e. The molecule has 2 unspecified atom stereocenters. The Kier molecular flexibility index (Phi) is 12.2. The van der Waals surface area contributed by atoms with Gasteiger partial charge in [-0.15, -0.1) is 11.8 Å². The van der Waals surface area contributed by atoms with Gasteiger partial charge in [-0.25, -0.2) is 4.79 Å². The lowest BCUT2D eigenvalue weighted by Crippen LogP contribution is -2.59. The van der Waals surface area contributed by atoms with Crippen molar-refractivity contribution in [2.45, 2.75) is 36.2 Å². The molecule has 2 atom stereocenters. The van der Waals surface area contributed by atoms with Crippen molar-refractivity contribution in [2.75, 3.05) is 12.9 Å². The number of amides is 1. The summed E-state index contributed by atoms with van der Waals surface area (Å²) in [7, 11) is 1.36. The van der Waals surface area contributed by atoms with Crippen molar-refractivity contribution in [3.63, 3.8) is 0 Å². The van der Waals surface area contributed by atoms with Gasteiger partial charge < -0.3 is 10.1 Å². The molecule has 0 aliphatic carbocycles. The third kappa shape index (κ3) is 7.99. The predicted molar refractivity (Wildman–Crippen MR) is 217 cm³/mol. The van der Waals surface area contributed by atoms with Gasteiger partial charge in [0.1, 0.15) is 6.04 Å². The molecule has 2 N–H and O–H groups in total. The molecule has 0 saturated heterocycles. The van der Waals surface area contributed by atoms with E-state index in [9.17, 15) is 9.59 Å². The van der Waals surface area contributed by atoms with Gasteiger partial charge >= 0.3 is 5.97 Å². The minimum absolute atomic E-state index is 0.195. The van der Waals surface area contributed by atoms with E-state index in [4.69, 9.17) is 4.74 Å². The summed E-state index contributed by atoms with van der Waals surface area (Å²) in [5.74, 6) is -0.631. The van der Waals surface area contributed by atoms with E-state index in [-0.39, 0.29) is 11.8 Å². The summed E-state index contributed by atoms with van der Waals surface area (Å²) >= 11 is 1.70. The summed E-state index contributed by atoms with van der Waals surface area (Å²) < 4.78 is 4.49. The number of methoxy groups -OCH3 is 1.